The summed E-state index contributed by atoms with van der Waals surface area (Å²) in [6, 6.07) is 18.8. The Hall–Kier alpha value is -1.75. The second kappa shape index (κ2) is 6.40. The topological polar surface area (TPSA) is 0 Å². The van der Waals surface area contributed by atoms with Gasteiger partial charge in [-0.05, 0) is 0 Å². The van der Waals surface area contributed by atoms with E-state index in [9.17, 15) is 13.2 Å². The number of hydrogen-bond donors (Lipinski definition) is 0. The fourth-order valence-electron chi connectivity index (χ4n) is 2.64. The molecule has 3 rings (SSSR count). The Morgan fingerprint density at radius 1 is 0.478 bits per heavy atom. The van der Waals surface area contributed by atoms with E-state index in [-0.39, 0.29) is 17.5 Å². The first kappa shape index (κ1) is 16.1. The first-order valence-electron chi connectivity index (χ1n) is 7.07. The van der Waals surface area contributed by atoms with Gasteiger partial charge in [0.2, 0.25) is 0 Å². The molecule has 0 amide bonds. The summed E-state index contributed by atoms with van der Waals surface area (Å²) in [5.74, 6) is -0.931. The molecule has 2 radical (unpaired) electrons. The molecule has 114 valence electrons. The van der Waals surface area contributed by atoms with Crippen molar-refractivity contribution in [2.75, 3.05) is 0 Å². The summed E-state index contributed by atoms with van der Waals surface area (Å²) >= 11 is 0.741. The van der Waals surface area contributed by atoms with Crippen LogP contribution in [0.25, 0.3) is 0 Å². The minimum atomic E-state index is -0.514. The van der Waals surface area contributed by atoms with Crippen LogP contribution in [-0.2, 0) is 3.43 Å². The minimum absolute atomic E-state index is 0.310. The van der Waals surface area contributed by atoms with E-state index in [2.05, 4.69) is 0 Å². The summed E-state index contributed by atoms with van der Waals surface area (Å²) < 4.78 is 39.4. The Labute approximate surface area is 146 Å². The monoisotopic (exact) mass is 418 g/mol. The molecule has 0 saturated carbocycles. The predicted molar refractivity (Wildman–Crippen MR) is 86.2 cm³/mol. The Morgan fingerprint density at radius 2 is 0.696 bits per heavy atom. The molecular weight excluding hydrogens is 404 g/mol. The van der Waals surface area contributed by atoms with Crippen LogP contribution >= 0.6 is 0 Å². The van der Waals surface area contributed by atoms with Crippen molar-refractivity contribution in [3.8, 4) is 0 Å². The van der Waals surface area contributed by atoms with Crippen molar-refractivity contribution >= 4 is 22.5 Å². The fraction of sp³-hybridized carbons (Fsp3) is 0.0526. The van der Waals surface area contributed by atoms with E-state index in [1.165, 1.54) is 36.4 Å². The van der Waals surface area contributed by atoms with E-state index < -0.39 is 3.43 Å². The van der Waals surface area contributed by atoms with E-state index in [1.54, 1.807) is 36.4 Å². The molecule has 0 nitrogen and oxygen atoms in total. The molecule has 0 aromatic heterocycles. The zero-order valence-electron chi connectivity index (χ0n) is 12.1. The third-order valence-electron chi connectivity index (χ3n) is 3.90. The van der Waals surface area contributed by atoms with Crippen molar-refractivity contribution in [1.29, 1.82) is 0 Å². The maximum absolute atomic E-state index is 13.3. The van der Waals surface area contributed by atoms with Crippen molar-refractivity contribution in [3.63, 3.8) is 0 Å². The van der Waals surface area contributed by atoms with Gasteiger partial charge in [0.1, 0.15) is 0 Å². The first-order valence-corrected chi connectivity index (χ1v) is 8.72. The molecule has 0 bridgehead atoms. The van der Waals surface area contributed by atoms with E-state index in [0.29, 0.717) is 0 Å². The normalized spacial score (nSPS) is 11.5. The molecule has 0 aliphatic carbocycles. The van der Waals surface area contributed by atoms with Gasteiger partial charge in [-0.15, -0.1) is 0 Å². The van der Waals surface area contributed by atoms with Gasteiger partial charge in [0.05, 0.1) is 0 Å². The number of hydrogen-bond acceptors (Lipinski definition) is 0. The molecule has 23 heavy (non-hydrogen) atoms. The van der Waals surface area contributed by atoms with Gasteiger partial charge >= 0.3 is 146 Å². The van der Waals surface area contributed by atoms with Gasteiger partial charge in [0, 0.05) is 0 Å². The van der Waals surface area contributed by atoms with Crippen LogP contribution in [0, 0.1) is 17.5 Å². The van der Waals surface area contributed by atoms with Crippen LogP contribution < -0.4 is 0 Å². The van der Waals surface area contributed by atoms with Crippen molar-refractivity contribution in [2.24, 2.45) is 0 Å². The maximum atomic E-state index is 13.3. The Kier molecular flexibility index (Phi) is 4.48. The third-order valence-corrected chi connectivity index (χ3v) is 6.75. The summed E-state index contributed by atoms with van der Waals surface area (Å²) in [6.07, 6.45) is 0. The van der Waals surface area contributed by atoms with Gasteiger partial charge in [0.15, 0.2) is 0 Å². The van der Waals surface area contributed by atoms with Crippen LogP contribution in [-0.4, -0.2) is 22.5 Å². The molecule has 0 saturated heterocycles. The van der Waals surface area contributed by atoms with E-state index in [0.717, 1.165) is 39.2 Å². The predicted octanol–water partition coefficient (Wildman–Crippen LogP) is 4.30. The second-order valence-corrected chi connectivity index (χ2v) is 7.80. The first-order chi connectivity index (χ1) is 11.0. The molecule has 3 aromatic carbocycles. The fourth-order valence-corrected chi connectivity index (χ4v) is 4.29. The molecule has 0 aliphatic rings. The number of rotatable bonds is 3. The van der Waals surface area contributed by atoms with Crippen molar-refractivity contribution in [1.82, 2.24) is 0 Å². The van der Waals surface area contributed by atoms with Gasteiger partial charge in [-0.1, -0.05) is 0 Å². The van der Waals surface area contributed by atoms with Crippen molar-refractivity contribution < 1.29 is 13.2 Å². The Balaban J connectivity index is 2.21. The summed E-state index contributed by atoms with van der Waals surface area (Å²) in [5.41, 5.74) is 2.71. The van der Waals surface area contributed by atoms with Gasteiger partial charge < -0.3 is 0 Å². The van der Waals surface area contributed by atoms with E-state index in [4.69, 9.17) is 0 Å². The van der Waals surface area contributed by atoms with Crippen molar-refractivity contribution in [3.05, 3.63) is 107 Å². The van der Waals surface area contributed by atoms with Crippen LogP contribution in [0.4, 0.5) is 13.2 Å². The molecule has 0 spiro atoms. The molecule has 0 N–H and O–H groups in total. The molecule has 0 fully saturated rings. The summed E-state index contributed by atoms with van der Waals surface area (Å²) in [6.45, 7) is 0. The molecule has 0 heterocycles. The summed E-state index contributed by atoms with van der Waals surface area (Å²) in [7, 11) is 0. The summed E-state index contributed by atoms with van der Waals surface area (Å²) in [4.78, 5) is 0. The number of benzene rings is 3. The zero-order chi connectivity index (χ0) is 16.4. The quantitative estimate of drug-likeness (QED) is 0.441. The van der Waals surface area contributed by atoms with Gasteiger partial charge in [-0.2, -0.15) is 0 Å². The van der Waals surface area contributed by atoms with Crippen LogP contribution in [0.3, 0.4) is 0 Å². The SMILES string of the molecule is Fc1ccc([C]([SnH])(c2ccc(F)cc2)c2ccc(F)cc2)cc1. The van der Waals surface area contributed by atoms with Gasteiger partial charge in [0.25, 0.3) is 0 Å². The Morgan fingerprint density at radius 3 is 0.913 bits per heavy atom. The van der Waals surface area contributed by atoms with Gasteiger partial charge in [-0.3, -0.25) is 0 Å². The van der Waals surface area contributed by atoms with Crippen LogP contribution in [0.2, 0.25) is 0 Å². The molecular formula is C19H13F3Sn. The average molecular weight is 417 g/mol. The van der Waals surface area contributed by atoms with E-state index in [1.807, 2.05) is 0 Å². The number of halogens is 3. The second-order valence-electron chi connectivity index (χ2n) is 5.33. The standard InChI is InChI=1S/C19H12F3.Sn.H/c20-16-7-1-13(2-8-16)19(14-3-9-17(21)10-4-14)15-5-11-18(22)12-6-15;;/h1-12H;;. The molecule has 0 unspecified atom stereocenters. The van der Waals surface area contributed by atoms with Crippen LogP contribution in [0.1, 0.15) is 16.7 Å². The van der Waals surface area contributed by atoms with Gasteiger partial charge in [-0.25, -0.2) is 0 Å². The third kappa shape index (κ3) is 3.15. The van der Waals surface area contributed by atoms with Crippen molar-refractivity contribution in [2.45, 2.75) is 3.43 Å². The Bertz CT molecular complexity index is 683. The van der Waals surface area contributed by atoms with Crippen LogP contribution in [0.5, 0.6) is 0 Å². The van der Waals surface area contributed by atoms with Crippen LogP contribution in [0.15, 0.2) is 72.8 Å². The average Bonchev–Trinajstić information content (AvgIpc) is 2.56. The summed E-state index contributed by atoms with van der Waals surface area (Å²) in [5, 5.41) is 0. The molecule has 0 aliphatic heterocycles. The zero-order valence-corrected chi connectivity index (χ0v) is 15.4. The molecule has 4 heteroatoms. The molecule has 0 atom stereocenters. The van der Waals surface area contributed by atoms with E-state index >= 15 is 0 Å². The molecule has 3 aromatic rings.